The van der Waals surface area contributed by atoms with E-state index in [1.54, 1.807) is 24.1 Å². The second-order valence-electron chi connectivity index (χ2n) is 7.77. The van der Waals surface area contributed by atoms with E-state index >= 15 is 0 Å². The molecule has 1 aromatic rings. The molecule has 1 aliphatic rings. The number of aliphatic imine (C=N–C) groups is 1. The van der Waals surface area contributed by atoms with E-state index in [0.29, 0.717) is 18.3 Å². The summed E-state index contributed by atoms with van der Waals surface area (Å²) in [6, 6.07) is 6.21. The topological polar surface area (TPSA) is 69.2 Å². The highest BCUT2D eigenvalue weighted by Crippen LogP contribution is 2.18. The number of amides is 1. The molecule has 1 heterocycles. The van der Waals surface area contributed by atoms with E-state index in [0.717, 1.165) is 45.3 Å². The minimum atomic E-state index is -0.305. The molecule has 2 atom stereocenters. The van der Waals surface area contributed by atoms with Gasteiger partial charge in [-0.25, -0.2) is 4.39 Å². The van der Waals surface area contributed by atoms with Crippen LogP contribution in [0.25, 0.3) is 0 Å². The number of likely N-dealkylation sites (tertiary alicyclic amines) is 1. The zero-order chi connectivity index (χ0) is 21.9. The van der Waals surface area contributed by atoms with E-state index in [1.165, 1.54) is 12.1 Å². The number of carbonyl (C=O) groups is 1. The summed E-state index contributed by atoms with van der Waals surface area (Å²) in [5.41, 5.74) is 0. The number of guanidine groups is 1. The number of benzene rings is 1. The zero-order valence-electron chi connectivity index (χ0n) is 19.1. The first-order chi connectivity index (χ1) is 14.4. The van der Waals surface area contributed by atoms with Crippen molar-refractivity contribution in [2.45, 2.75) is 44.8 Å². The molecule has 176 valence electrons. The lowest BCUT2D eigenvalue weighted by Crippen LogP contribution is -2.45. The van der Waals surface area contributed by atoms with Crippen LogP contribution in [0.2, 0.25) is 0 Å². The Balaban J connectivity index is 0.00000480. The summed E-state index contributed by atoms with van der Waals surface area (Å²) >= 11 is 0. The van der Waals surface area contributed by atoms with Gasteiger partial charge in [-0.2, -0.15) is 0 Å². The molecule has 1 fully saturated rings. The summed E-state index contributed by atoms with van der Waals surface area (Å²) in [6.45, 7) is 5.23. The third kappa shape index (κ3) is 9.18. The maximum absolute atomic E-state index is 13.3. The van der Waals surface area contributed by atoms with Crippen LogP contribution in [0.5, 0.6) is 5.75 Å². The fraction of sp³-hybridized carbons (Fsp3) is 0.636. The number of ether oxygens (including phenoxy) is 1. The number of nitrogens with zero attached hydrogens (tertiary/aromatic N) is 3. The molecule has 2 rings (SSSR count). The van der Waals surface area contributed by atoms with Crippen LogP contribution in [0.1, 0.15) is 32.6 Å². The van der Waals surface area contributed by atoms with E-state index in [2.05, 4.69) is 20.5 Å². The molecule has 31 heavy (non-hydrogen) atoms. The highest BCUT2D eigenvalue weighted by Gasteiger charge is 2.30. The van der Waals surface area contributed by atoms with Gasteiger partial charge in [0.1, 0.15) is 17.7 Å². The molecular weight excluding hydrogens is 512 g/mol. The zero-order valence-corrected chi connectivity index (χ0v) is 21.4. The van der Waals surface area contributed by atoms with Gasteiger partial charge < -0.3 is 20.3 Å². The van der Waals surface area contributed by atoms with Gasteiger partial charge >= 0.3 is 0 Å². The van der Waals surface area contributed by atoms with Crippen LogP contribution in [0.4, 0.5) is 4.39 Å². The monoisotopic (exact) mass is 549 g/mol. The smallest absolute Gasteiger partial charge is 0.239 e. The van der Waals surface area contributed by atoms with Crippen LogP contribution in [-0.2, 0) is 4.79 Å². The second kappa shape index (κ2) is 14.4. The van der Waals surface area contributed by atoms with Crippen LogP contribution in [-0.4, -0.2) is 81.1 Å². The van der Waals surface area contributed by atoms with Crippen molar-refractivity contribution in [3.05, 3.63) is 30.1 Å². The van der Waals surface area contributed by atoms with Crippen molar-refractivity contribution in [3.8, 4) is 5.75 Å². The molecule has 2 N–H and O–H groups in total. The third-order valence-corrected chi connectivity index (χ3v) is 5.28. The lowest BCUT2D eigenvalue weighted by molar-refractivity contribution is -0.133. The predicted octanol–water partition coefficient (Wildman–Crippen LogP) is 2.71. The Morgan fingerprint density at radius 2 is 2.16 bits per heavy atom. The van der Waals surface area contributed by atoms with Gasteiger partial charge in [0, 0.05) is 40.3 Å². The van der Waals surface area contributed by atoms with Crippen LogP contribution in [0.3, 0.4) is 0 Å². The summed E-state index contributed by atoms with van der Waals surface area (Å²) in [7, 11) is 5.37. The first-order valence-electron chi connectivity index (χ1n) is 10.8. The lowest BCUT2D eigenvalue weighted by atomic mass is 10.2. The Morgan fingerprint density at radius 1 is 1.39 bits per heavy atom. The molecule has 1 aromatic carbocycles. The SMILES string of the molecule is CCC(CNC(=NC)NCCCN1CCCC1C(=O)N(C)C)Oc1cccc(F)c1.I. The van der Waals surface area contributed by atoms with Crippen molar-refractivity contribution in [1.82, 2.24) is 20.4 Å². The molecular formula is C22H37FIN5O2. The summed E-state index contributed by atoms with van der Waals surface area (Å²) in [4.78, 5) is 20.5. The van der Waals surface area contributed by atoms with Crippen molar-refractivity contribution in [1.29, 1.82) is 0 Å². The van der Waals surface area contributed by atoms with Gasteiger partial charge in [0.15, 0.2) is 5.96 Å². The van der Waals surface area contributed by atoms with Gasteiger partial charge in [-0.3, -0.25) is 14.7 Å². The third-order valence-electron chi connectivity index (χ3n) is 5.28. The van der Waals surface area contributed by atoms with Crippen LogP contribution in [0.15, 0.2) is 29.3 Å². The quantitative estimate of drug-likeness (QED) is 0.203. The minimum Gasteiger partial charge on any atom is -0.489 e. The molecule has 1 saturated heterocycles. The number of nitrogens with one attached hydrogen (secondary N) is 2. The fourth-order valence-electron chi connectivity index (χ4n) is 3.59. The first-order valence-corrected chi connectivity index (χ1v) is 10.8. The average molecular weight is 549 g/mol. The number of carbonyl (C=O) groups excluding carboxylic acids is 1. The van der Waals surface area contributed by atoms with Gasteiger partial charge in [0.25, 0.3) is 0 Å². The maximum atomic E-state index is 13.3. The Kier molecular flexibility index (Phi) is 12.8. The predicted molar refractivity (Wildman–Crippen MR) is 134 cm³/mol. The average Bonchev–Trinajstić information content (AvgIpc) is 3.20. The standard InChI is InChI=1S/C22H36FN5O2.HI/c1-5-18(30-19-10-6-9-17(23)15-19)16-26-22(24-2)25-12-8-14-28-13-7-11-20(28)21(29)27(3)4;/h6,9-10,15,18,20H,5,7-8,11-14,16H2,1-4H3,(H2,24,25,26);1H. The van der Waals surface area contributed by atoms with Crippen molar-refractivity contribution in [2.75, 3.05) is 47.3 Å². The largest absolute Gasteiger partial charge is 0.489 e. The molecule has 0 aliphatic carbocycles. The van der Waals surface area contributed by atoms with E-state index in [9.17, 15) is 9.18 Å². The van der Waals surface area contributed by atoms with Gasteiger partial charge in [0.05, 0.1) is 12.6 Å². The fourth-order valence-corrected chi connectivity index (χ4v) is 3.59. The van der Waals surface area contributed by atoms with Crippen molar-refractivity contribution < 1.29 is 13.9 Å². The molecule has 0 aromatic heterocycles. The first kappa shape index (κ1) is 27.4. The Morgan fingerprint density at radius 3 is 2.81 bits per heavy atom. The Bertz CT molecular complexity index is 704. The van der Waals surface area contributed by atoms with E-state index in [4.69, 9.17) is 4.74 Å². The molecule has 1 amide bonds. The van der Waals surface area contributed by atoms with E-state index in [-0.39, 0.29) is 47.8 Å². The number of halogens is 2. The Labute approximate surface area is 202 Å². The molecule has 0 saturated carbocycles. The normalized spacial score (nSPS) is 17.6. The number of likely N-dealkylation sites (N-methyl/N-ethyl adjacent to an activating group) is 1. The number of hydrogen-bond donors (Lipinski definition) is 2. The second-order valence-corrected chi connectivity index (χ2v) is 7.77. The van der Waals surface area contributed by atoms with Crippen LogP contribution >= 0.6 is 24.0 Å². The van der Waals surface area contributed by atoms with Gasteiger partial charge in [-0.05, 0) is 44.4 Å². The van der Waals surface area contributed by atoms with E-state index in [1.807, 2.05) is 21.0 Å². The van der Waals surface area contributed by atoms with Crippen molar-refractivity contribution >= 4 is 35.8 Å². The number of rotatable bonds is 10. The summed E-state index contributed by atoms with van der Waals surface area (Å²) in [5.74, 6) is 1.12. The molecule has 2 unspecified atom stereocenters. The van der Waals surface area contributed by atoms with E-state index < -0.39 is 0 Å². The van der Waals surface area contributed by atoms with Crippen molar-refractivity contribution in [3.63, 3.8) is 0 Å². The summed E-state index contributed by atoms with van der Waals surface area (Å²) < 4.78 is 19.2. The molecule has 7 nitrogen and oxygen atoms in total. The van der Waals surface area contributed by atoms with Gasteiger partial charge in [0.2, 0.25) is 5.91 Å². The van der Waals surface area contributed by atoms with Crippen LogP contribution < -0.4 is 15.4 Å². The van der Waals surface area contributed by atoms with Gasteiger partial charge in [-0.15, -0.1) is 24.0 Å². The highest BCUT2D eigenvalue weighted by molar-refractivity contribution is 14.0. The van der Waals surface area contributed by atoms with Gasteiger partial charge in [-0.1, -0.05) is 13.0 Å². The van der Waals surface area contributed by atoms with Crippen molar-refractivity contribution in [2.24, 2.45) is 4.99 Å². The molecule has 0 radical (unpaired) electrons. The summed E-state index contributed by atoms with van der Waals surface area (Å²) in [6.07, 6.45) is 3.64. The maximum Gasteiger partial charge on any atom is 0.239 e. The molecule has 9 heteroatoms. The summed E-state index contributed by atoms with van der Waals surface area (Å²) in [5, 5.41) is 6.59. The lowest BCUT2D eigenvalue weighted by Gasteiger charge is -2.26. The molecule has 1 aliphatic heterocycles. The minimum absolute atomic E-state index is 0. The Hall–Kier alpha value is -1.62. The highest BCUT2D eigenvalue weighted by atomic mass is 127. The molecule has 0 bridgehead atoms. The molecule has 0 spiro atoms. The number of hydrogen-bond acceptors (Lipinski definition) is 4. The van der Waals surface area contributed by atoms with Crippen LogP contribution in [0, 0.1) is 5.82 Å².